The van der Waals surface area contributed by atoms with Crippen molar-refractivity contribution in [3.8, 4) is 0 Å². The monoisotopic (exact) mass is 293 g/mol. The van der Waals surface area contributed by atoms with Crippen LogP contribution in [0.5, 0.6) is 0 Å². The quantitative estimate of drug-likeness (QED) is 0.926. The maximum Gasteiger partial charge on any atom is 0.0482 e. The molecule has 3 nitrogen and oxygen atoms in total. The summed E-state index contributed by atoms with van der Waals surface area (Å²) in [6.45, 7) is 10.2. The SMILES string of the molecule is Cc1cc(C(CN)N2CCC(N3CCCC3)C2)c(C)s1. The molecular formula is C16H27N3S. The van der Waals surface area contributed by atoms with E-state index in [0.29, 0.717) is 6.04 Å². The summed E-state index contributed by atoms with van der Waals surface area (Å²) in [7, 11) is 0. The van der Waals surface area contributed by atoms with Gasteiger partial charge in [0.05, 0.1) is 0 Å². The van der Waals surface area contributed by atoms with Gasteiger partial charge in [-0.15, -0.1) is 11.3 Å². The van der Waals surface area contributed by atoms with Crippen molar-refractivity contribution in [1.82, 2.24) is 9.80 Å². The lowest BCUT2D eigenvalue weighted by Crippen LogP contribution is -2.38. The fraction of sp³-hybridized carbons (Fsp3) is 0.750. The van der Waals surface area contributed by atoms with E-state index in [9.17, 15) is 0 Å². The standard InChI is InChI=1S/C16H27N3S/c1-12-9-15(13(2)20-12)16(10-17)19-8-5-14(11-19)18-6-3-4-7-18/h9,14,16H,3-8,10-11,17H2,1-2H3. The molecule has 0 saturated carbocycles. The normalized spacial score (nSPS) is 26.4. The first-order valence-electron chi connectivity index (χ1n) is 7.94. The summed E-state index contributed by atoms with van der Waals surface area (Å²) in [4.78, 5) is 8.17. The first-order valence-corrected chi connectivity index (χ1v) is 8.76. The number of hydrogen-bond acceptors (Lipinski definition) is 4. The first kappa shape index (κ1) is 14.5. The molecule has 2 atom stereocenters. The van der Waals surface area contributed by atoms with Crippen LogP contribution < -0.4 is 5.73 Å². The lowest BCUT2D eigenvalue weighted by Gasteiger charge is -2.29. The Kier molecular flexibility index (Phi) is 4.46. The van der Waals surface area contributed by atoms with Gasteiger partial charge in [0.2, 0.25) is 0 Å². The number of aryl methyl sites for hydroxylation is 2. The second-order valence-corrected chi connectivity index (χ2v) is 7.76. The molecule has 4 heteroatoms. The molecule has 1 aromatic heterocycles. The van der Waals surface area contributed by atoms with Crippen molar-refractivity contribution in [3.63, 3.8) is 0 Å². The van der Waals surface area contributed by atoms with Crippen molar-refractivity contribution in [2.45, 2.75) is 45.2 Å². The minimum Gasteiger partial charge on any atom is -0.329 e. The topological polar surface area (TPSA) is 32.5 Å². The third kappa shape index (κ3) is 2.80. The van der Waals surface area contributed by atoms with Crippen molar-refractivity contribution in [2.24, 2.45) is 5.73 Å². The van der Waals surface area contributed by atoms with E-state index >= 15 is 0 Å². The van der Waals surface area contributed by atoms with Crippen LogP contribution in [0.25, 0.3) is 0 Å². The third-order valence-corrected chi connectivity index (χ3v) is 5.94. The summed E-state index contributed by atoms with van der Waals surface area (Å²) in [5.74, 6) is 0. The Bertz CT molecular complexity index is 451. The Labute approximate surface area is 126 Å². The van der Waals surface area contributed by atoms with E-state index in [-0.39, 0.29) is 0 Å². The van der Waals surface area contributed by atoms with E-state index in [1.807, 2.05) is 11.3 Å². The van der Waals surface area contributed by atoms with Crippen LogP contribution in [0.3, 0.4) is 0 Å². The second-order valence-electron chi connectivity index (χ2n) is 6.30. The highest BCUT2D eigenvalue weighted by Gasteiger charge is 2.33. The van der Waals surface area contributed by atoms with E-state index in [4.69, 9.17) is 5.73 Å². The zero-order valence-electron chi connectivity index (χ0n) is 12.8. The Morgan fingerprint density at radius 3 is 2.65 bits per heavy atom. The average Bonchev–Trinajstić information content (AvgIpc) is 3.12. The average molecular weight is 293 g/mol. The van der Waals surface area contributed by atoms with Gasteiger partial charge >= 0.3 is 0 Å². The second kappa shape index (κ2) is 6.14. The molecule has 0 aromatic carbocycles. The number of hydrogen-bond donors (Lipinski definition) is 1. The van der Waals surface area contributed by atoms with Gasteiger partial charge in [0, 0.05) is 41.5 Å². The molecule has 2 N–H and O–H groups in total. The highest BCUT2D eigenvalue weighted by Crippen LogP contribution is 2.33. The molecule has 2 saturated heterocycles. The van der Waals surface area contributed by atoms with Crippen LogP contribution >= 0.6 is 11.3 Å². The zero-order chi connectivity index (χ0) is 14.1. The summed E-state index contributed by atoms with van der Waals surface area (Å²) in [5.41, 5.74) is 7.58. The summed E-state index contributed by atoms with van der Waals surface area (Å²) >= 11 is 1.91. The van der Waals surface area contributed by atoms with E-state index < -0.39 is 0 Å². The largest absolute Gasteiger partial charge is 0.329 e. The van der Waals surface area contributed by atoms with Gasteiger partial charge in [0.25, 0.3) is 0 Å². The minimum absolute atomic E-state index is 0.424. The van der Waals surface area contributed by atoms with Crippen molar-refractivity contribution < 1.29 is 0 Å². The molecule has 112 valence electrons. The molecule has 20 heavy (non-hydrogen) atoms. The Hall–Kier alpha value is -0.420. The molecule has 2 unspecified atom stereocenters. The molecule has 0 spiro atoms. The van der Waals surface area contributed by atoms with Gasteiger partial charge in [-0.2, -0.15) is 0 Å². The lowest BCUT2D eigenvalue weighted by atomic mass is 10.1. The Balaban J connectivity index is 1.69. The van der Waals surface area contributed by atoms with Gasteiger partial charge < -0.3 is 5.73 Å². The van der Waals surface area contributed by atoms with E-state index in [2.05, 4.69) is 29.7 Å². The molecule has 3 heterocycles. The highest BCUT2D eigenvalue weighted by molar-refractivity contribution is 7.12. The number of likely N-dealkylation sites (tertiary alicyclic amines) is 2. The summed E-state index contributed by atoms with van der Waals surface area (Å²) in [6, 6.07) is 3.54. The van der Waals surface area contributed by atoms with Gasteiger partial charge in [-0.3, -0.25) is 9.80 Å². The molecule has 0 aliphatic carbocycles. The van der Waals surface area contributed by atoms with Gasteiger partial charge in [0.15, 0.2) is 0 Å². The summed E-state index contributed by atoms with van der Waals surface area (Å²) in [5, 5.41) is 0. The predicted molar refractivity (Wildman–Crippen MR) is 86.4 cm³/mol. The molecular weight excluding hydrogens is 266 g/mol. The van der Waals surface area contributed by atoms with Crippen molar-refractivity contribution in [3.05, 3.63) is 21.4 Å². The van der Waals surface area contributed by atoms with Gasteiger partial charge in [0.1, 0.15) is 0 Å². The van der Waals surface area contributed by atoms with Gasteiger partial charge in [-0.25, -0.2) is 0 Å². The fourth-order valence-corrected chi connectivity index (χ4v) is 4.89. The molecule has 0 bridgehead atoms. The van der Waals surface area contributed by atoms with Gasteiger partial charge in [-0.1, -0.05) is 0 Å². The van der Waals surface area contributed by atoms with Crippen LogP contribution in [-0.4, -0.2) is 48.6 Å². The maximum atomic E-state index is 6.11. The molecule has 2 aliphatic heterocycles. The number of nitrogens with two attached hydrogens (primary N) is 1. The fourth-order valence-electron chi connectivity index (χ4n) is 3.91. The Morgan fingerprint density at radius 1 is 1.30 bits per heavy atom. The van der Waals surface area contributed by atoms with E-state index in [0.717, 1.165) is 12.6 Å². The van der Waals surface area contributed by atoms with Crippen molar-refractivity contribution in [2.75, 3.05) is 32.7 Å². The van der Waals surface area contributed by atoms with Crippen LogP contribution in [0.4, 0.5) is 0 Å². The third-order valence-electron chi connectivity index (χ3n) is 4.95. The van der Waals surface area contributed by atoms with Crippen LogP contribution in [0, 0.1) is 13.8 Å². The van der Waals surface area contributed by atoms with Crippen molar-refractivity contribution in [1.29, 1.82) is 0 Å². The van der Waals surface area contributed by atoms with E-state index in [1.165, 1.54) is 60.8 Å². The van der Waals surface area contributed by atoms with Gasteiger partial charge in [-0.05, 0) is 57.8 Å². The molecule has 2 fully saturated rings. The van der Waals surface area contributed by atoms with Crippen LogP contribution in [0.1, 0.15) is 40.6 Å². The smallest absolute Gasteiger partial charge is 0.0482 e. The molecule has 1 aromatic rings. The predicted octanol–water partition coefficient (Wildman–Crippen LogP) is 2.53. The molecule has 3 rings (SSSR count). The summed E-state index contributed by atoms with van der Waals surface area (Å²) < 4.78 is 0. The van der Waals surface area contributed by atoms with Crippen molar-refractivity contribution >= 4 is 11.3 Å². The zero-order valence-corrected chi connectivity index (χ0v) is 13.6. The first-order chi connectivity index (χ1) is 9.69. The molecule has 0 amide bonds. The minimum atomic E-state index is 0.424. The number of thiophene rings is 1. The lowest BCUT2D eigenvalue weighted by molar-refractivity contribution is 0.203. The number of rotatable bonds is 4. The summed E-state index contributed by atoms with van der Waals surface area (Å²) in [6.07, 6.45) is 4.10. The van der Waals surface area contributed by atoms with Crippen LogP contribution in [0.15, 0.2) is 6.07 Å². The van der Waals surface area contributed by atoms with Crippen LogP contribution in [0.2, 0.25) is 0 Å². The van der Waals surface area contributed by atoms with E-state index in [1.54, 1.807) is 0 Å². The Morgan fingerprint density at radius 2 is 2.05 bits per heavy atom. The number of nitrogens with zero attached hydrogens (tertiary/aromatic N) is 2. The highest BCUT2D eigenvalue weighted by atomic mass is 32.1. The maximum absolute atomic E-state index is 6.11. The molecule has 0 radical (unpaired) electrons. The van der Waals surface area contributed by atoms with Crippen LogP contribution in [-0.2, 0) is 0 Å². The molecule has 2 aliphatic rings.